The molecule has 1 rings (SSSR count). The largest absolute Gasteiger partial charge is 0.478 e. The molecular weight excluding hydrogens is 304 g/mol. The molecule has 5 heteroatoms. The molecule has 0 aliphatic rings. The smallest absolute Gasteiger partial charge is 0.336 e. The number of hydrogen-bond acceptors (Lipinski definition) is 2. The van der Waals surface area contributed by atoms with E-state index in [1.54, 1.807) is 12.1 Å². The summed E-state index contributed by atoms with van der Waals surface area (Å²) in [4.78, 5) is 11.5. The average Bonchev–Trinajstić information content (AvgIpc) is 2.28. The van der Waals surface area contributed by atoms with Crippen molar-refractivity contribution in [3.8, 4) is 0 Å². The number of benzene rings is 1. The molecule has 2 atom stereocenters. The van der Waals surface area contributed by atoms with Gasteiger partial charge in [0.05, 0.1) is 16.4 Å². The Morgan fingerprint density at radius 2 is 2.18 bits per heavy atom. The van der Waals surface area contributed by atoms with Gasteiger partial charge in [-0.25, -0.2) is 4.79 Å². The van der Waals surface area contributed by atoms with Gasteiger partial charge in [-0.1, -0.05) is 20.3 Å². The number of halogens is 1. The number of aromatic carboxylic acids is 1. The third kappa shape index (κ3) is 3.92. The third-order valence-electron chi connectivity index (χ3n) is 2.56. The summed E-state index contributed by atoms with van der Waals surface area (Å²) in [7, 11) is -1.13. The Morgan fingerprint density at radius 1 is 1.53 bits per heavy atom. The van der Waals surface area contributed by atoms with Gasteiger partial charge >= 0.3 is 5.97 Å². The molecule has 2 unspecified atom stereocenters. The van der Waals surface area contributed by atoms with Gasteiger partial charge in [-0.3, -0.25) is 4.21 Å². The van der Waals surface area contributed by atoms with Crippen molar-refractivity contribution in [2.45, 2.75) is 25.2 Å². The predicted octanol–water partition coefficient (Wildman–Crippen LogP) is 3.30. The minimum absolute atomic E-state index is 0.153. The second kappa shape index (κ2) is 6.31. The SMILES string of the molecule is CCC(C)CS(=O)c1ccc(Br)c(C(=O)O)c1. The third-order valence-corrected chi connectivity index (χ3v) is 4.91. The van der Waals surface area contributed by atoms with Crippen molar-refractivity contribution < 1.29 is 14.1 Å². The lowest BCUT2D eigenvalue weighted by atomic mass is 10.2. The summed E-state index contributed by atoms with van der Waals surface area (Å²) in [5.41, 5.74) is 0.153. The fraction of sp³-hybridized carbons (Fsp3) is 0.417. The second-order valence-corrected chi connectivity index (χ2v) is 6.32. The standard InChI is InChI=1S/C12H15BrO3S/c1-3-8(2)7-17(16)9-4-5-11(13)10(6-9)12(14)15/h4-6,8H,3,7H2,1-2H3,(H,14,15). The second-order valence-electron chi connectivity index (χ2n) is 3.97. The first-order valence-electron chi connectivity index (χ1n) is 5.37. The monoisotopic (exact) mass is 318 g/mol. The number of carbonyl (C=O) groups is 1. The Kier molecular flexibility index (Phi) is 5.33. The van der Waals surface area contributed by atoms with Gasteiger partial charge in [0.15, 0.2) is 0 Å². The molecule has 1 aromatic rings. The molecule has 0 radical (unpaired) electrons. The number of hydrogen-bond donors (Lipinski definition) is 1. The molecule has 94 valence electrons. The van der Waals surface area contributed by atoms with Crippen molar-refractivity contribution in [2.24, 2.45) is 5.92 Å². The van der Waals surface area contributed by atoms with E-state index in [0.29, 0.717) is 21.0 Å². The van der Waals surface area contributed by atoms with Crippen LogP contribution < -0.4 is 0 Å². The lowest BCUT2D eigenvalue weighted by Gasteiger charge is -2.09. The fourth-order valence-corrected chi connectivity index (χ4v) is 3.11. The van der Waals surface area contributed by atoms with Crippen molar-refractivity contribution >= 4 is 32.7 Å². The first-order valence-corrected chi connectivity index (χ1v) is 7.48. The summed E-state index contributed by atoms with van der Waals surface area (Å²) in [5.74, 6) is -0.0796. The molecule has 3 nitrogen and oxygen atoms in total. The summed E-state index contributed by atoms with van der Waals surface area (Å²) in [5, 5.41) is 8.97. The zero-order chi connectivity index (χ0) is 13.0. The van der Waals surface area contributed by atoms with Crippen LogP contribution in [0, 0.1) is 5.92 Å². The topological polar surface area (TPSA) is 54.4 Å². The molecule has 0 aliphatic heterocycles. The van der Waals surface area contributed by atoms with Crippen LogP contribution in [0.15, 0.2) is 27.6 Å². The molecule has 0 bridgehead atoms. The Bertz CT molecular complexity index is 445. The van der Waals surface area contributed by atoms with Gasteiger partial charge in [0.25, 0.3) is 0 Å². The molecule has 0 heterocycles. The summed E-state index contributed by atoms with van der Waals surface area (Å²) in [6.07, 6.45) is 0.966. The van der Waals surface area contributed by atoms with E-state index in [2.05, 4.69) is 15.9 Å². The quantitative estimate of drug-likeness (QED) is 0.906. The van der Waals surface area contributed by atoms with Crippen LogP contribution in [0.25, 0.3) is 0 Å². The van der Waals surface area contributed by atoms with E-state index < -0.39 is 16.8 Å². The zero-order valence-electron chi connectivity index (χ0n) is 9.77. The van der Waals surface area contributed by atoms with Crippen LogP contribution in [0.4, 0.5) is 0 Å². The number of carboxylic acids is 1. The highest BCUT2D eigenvalue weighted by atomic mass is 79.9. The molecule has 0 fully saturated rings. The molecular formula is C12H15BrO3S. The van der Waals surface area contributed by atoms with Gasteiger partial charge in [-0.05, 0) is 40.0 Å². The van der Waals surface area contributed by atoms with E-state index in [1.807, 2.05) is 13.8 Å². The van der Waals surface area contributed by atoms with E-state index >= 15 is 0 Å². The van der Waals surface area contributed by atoms with Crippen molar-refractivity contribution in [3.63, 3.8) is 0 Å². The minimum atomic E-state index is -1.13. The summed E-state index contributed by atoms with van der Waals surface area (Å²) in [6, 6.07) is 4.81. The first-order chi connectivity index (χ1) is 7.95. The van der Waals surface area contributed by atoms with Gasteiger partial charge in [0, 0.05) is 15.1 Å². The summed E-state index contributed by atoms with van der Waals surface area (Å²) >= 11 is 3.16. The zero-order valence-corrected chi connectivity index (χ0v) is 12.2. The van der Waals surface area contributed by atoms with Crippen molar-refractivity contribution in [2.75, 3.05) is 5.75 Å². The van der Waals surface area contributed by atoms with Crippen LogP contribution in [0.5, 0.6) is 0 Å². The van der Waals surface area contributed by atoms with Gasteiger partial charge in [0.1, 0.15) is 0 Å². The summed E-state index contributed by atoms with van der Waals surface area (Å²) < 4.78 is 12.5. The van der Waals surface area contributed by atoms with Crippen LogP contribution in [0.1, 0.15) is 30.6 Å². The van der Waals surface area contributed by atoms with Crippen LogP contribution in [-0.4, -0.2) is 21.0 Å². The van der Waals surface area contributed by atoms with E-state index in [-0.39, 0.29) is 5.56 Å². The lowest BCUT2D eigenvalue weighted by Crippen LogP contribution is -2.08. The molecule has 0 saturated carbocycles. The lowest BCUT2D eigenvalue weighted by molar-refractivity contribution is 0.0695. The molecule has 1 aromatic carbocycles. The van der Waals surface area contributed by atoms with Crippen LogP contribution >= 0.6 is 15.9 Å². The summed E-state index contributed by atoms with van der Waals surface area (Å²) in [6.45, 7) is 4.08. The fourth-order valence-electron chi connectivity index (χ4n) is 1.28. The van der Waals surface area contributed by atoms with Crippen molar-refractivity contribution in [1.29, 1.82) is 0 Å². The van der Waals surface area contributed by atoms with Crippen LogP contribution in [0.3, 0.4) is 0 Å². The van der Waals surface area contributed by atoms with Crippen LogP contribution in [0.2, 0.25) is 0 Å². The van der Waals surface area contributed by atoms with Crippen molar-refractivity contribution in [3.05, 3.63) is 28.2 Å². The molecule has 0 amide bonds. The Balaban J connectivity index is 2.96. The van der Waals surface area contributed by atoms with Crippen molar-refractivity contribution in [1.82, 2.24) is 0 Å². The number of rotatable bonds is 5. The maximum atomic E-state index is 12.0. The van der Waals surface area contributed by atoms with Crippen LogP contribution in [-0.2, 0) is 10.8 Å². The average molecular weight is 319 g/mol. The van der Waals surface area contributed by atoms with Gasteiger partial charge < -0.3 is 5.11 Å². The molecule has 17 heavy (non-hydrogen) atoms. The van der Waals surface area contributed by atoms with E-state index in [0.717, 1.165) is 6.42 Å². The van der Waals surface area contributed by atoms with E-state index in [1.165, 1.54) is 6.07 Å². The van der Waals surface area contributed by atoms with Gasteiger partial charge in [-0.15, -0.1) is 0 Å². The Morgan fingerprint density at radius 3 is 2.71 bits per heavy atom. The van der Waals surface area contributed by atoms with E-state index in [9.17, 15) is 9.00 Å². The maximum Gasteiger partial charge on any atom is 0.336 e. The molecule has 0 saturated heterocycles. The highest BCUT2D eigenvalue weighted by molar-refractivity contribution is 9.10. The minimum Gasteiger partial charge on any atom is -0.478 e. The van der Waals surface area contributed by atoms with E-state index in [4.69, 9.17) is 5.11 Å². The Labute approximate surface area is 112 Å². The Hall–Kier alpha value is -0.680. The predicted molar refractivity (Wildman–Crippen MR) is 71.8 cm³/mol. The van der Waals surface area contributed by atoms with Gasteiger partial charge in [0.2, 0.25) is 0 Å². The normalized spacial score (nSPS) is 14.3. The highest BCUT2D eigenvalue weighted by Gasteiger charge is 2.13. The first kappa shape index (κ1) is 14.4. The molecule has 1 N–H and O–H groups in total. The number of carboxylic acid groups (broad SMARTS) is 1. The molecule has 0 aliphatic carbocycles. The highest BCUT2D eigenvalue weighted by Crippen LogP contribution is 2.21. The maximum absolute atomic E-state index is 12.0. The molecule has 0 spiro atoms. The molecule has 0 aromatic heterocycles. The van der Waals surface area contributed by atoms with Gasteiger partial charge in [-0.2, -0.15) is 0 Å².